The highest BCUT2D eigenvalue weighted by molar-refractivity contribution is 5.92. The van der Waals surface area contributed by atoms with Gasteiger partial charge in [0, 0.05) is 30.7 Å². The van der Waals surface area contributed by atoms with Gasteiger partial charge in [-0.2, -0.15) is 0 Å². The second kappa shape index (κ2) is 8.81. The lowest BCUT2D eigenvalue weighted by molar-refractivity contribution is -0.135. The van der Waals surface area contributed by atoms with E-state index in [0.717, 1.165) is 42.7 Å². The second-order valence-corrected chi connectivity index (χ2v) is 8.18. The zero-order chi connectivity index (χ0) is 21.1. The Balaban J connectivity index is 1.34. The average molecular weight is 409 g/mol. The van der Waals surface area contributed by atoms with Crippen LogP contribution in [0.5, 0.6) is 5.75 Å². The number of aromatic nitrogens is 2. The molecule has 2 aromatic rings. The fourth-order valence-electron chi connectivity index (χ4n) is 4.75. The molecule has 2 amide bonds. The zero-order valence-electron chi connectivity index (χ0n) is 17.5. The van der Waals surface area contributed by atoms with E-state index in [1.54, 1.807) is 13.3 Å². The number of aryl methyl sites for hydroxylation is 2. The molecule has 0 saturated carbocycles. The molecule has 2 saturated heterocycles. The van der Waals surface area contributed by atoms with E-state index in [4.69, 9.17) is 4.74 Å². The van der Waals surface area contributed by atoms with Gasteiger partial charge in [-0.25, -0.2) is 4.98 Å². The molecule has 1 aromatic carbocycles. The normalized spacial score (nSPS) is 22.6. The topological polar surface area (TPSA) is 84.4 Å². The molecule has 2 unspecified atom stereocenters. The summed E-state index contributed by atoms with van der Waals surface area (Å²) in [7, 11) is 1.65. The number of amides is 2. The summed E-state index contributed by atoms with van der Waals surface area (Å²) in [5, 5.41) is 3.09. The van der Waals surface area contributed by atoms with Gasteiger partial charge < -0.3 is 15.0 Å². The predicted octanol–water partition coefficient (Wildman–Crippen LogP) is 2.68. The Morgan fingerprint density at radius 3 is 2.53 bits per heavy atom. The lowest BCUT2D eigenvalue weighted by Crippen LogP contribution is -2.52. The summed E-state index contributed by atoms with van der Waals surface area (Å²) in [5.74, 6) is 0.833. The van der Waals surface area contributed by atoms with Crippen molar-refractivity contribution in [3.63, 3.8) is 0 Å². The molecule has 2 bridgehead atoms. The van der Waals surface area contributed by atoms with Gasteiger partial charge >= 0.3 is 0 Å². The number of carbonyl (C=O) groups is 2. The SMILES string of the molecule is COc1ccccc1CCC(=O)N1C2CCC1CC(NC(=O)c1cnc(C)cn1)C2. The maximum Gasteiger partial charge on any atom is 0.271 e. The van der Waals surface area contributed by atoms with Gasteiger partial charge in [-0.05, 0) is 50.7 Å². The number of hydrogen-bond donors (Lipinski definition) is 1. The molecule has 2 aliphatic heterocycles. The van der Waals surface area contributed by atoms with Crippen LogP contribution in [0.3, 0.4) is 0 Å². The lowest BCUT2D eigenvalue weighted by Gasteiger charge is -2.39. The van der Waals surface area contributed by atoms with Crippen molar-refractivity contribution in [2.24, 2.45) is 0 Å². The van der Waals surface area contributed by atoms with Gasteiger partial charge in [0.25, 0.3) is 5.91 Å². The van der Waals surface area contributed by atoms with Crippen LogP contribution in [0.15, 0.2) is 36.7 Å². The molecule has 30 heavy (non-hydrogen) atoms. The van der Waals surface area contributed by atoms with Crippen LogP contribution >= 0.6 is 0 Å². The second-order valence-electron chi connectivity index (χ2n) is 8.18. The number of piperidine rings is 1. The number of hydrogen-bond acceptors (Lipinski definition) is 5. The van der Waals surface area contributed by atoms with E-state index in [1.165, 1.54) is 6.20 Å². The number of ether oxygens (including phenoxy) is 1. The fourth-order valence-corrected chi connectivity index (χ4v) is 4.75. The summed E-state index contributed by atoms with van der Waals surface area (Å²) in [6, 6.07) is 8.31. The number of benzene rings is 1. The highest BCUT2D eigenvalue weighted by atomic mass is 16.5. The molecule has 1 aromatic heterocycles. The lowest BCUT2D eigenvalue weighted by atomic mass is 9.96. The summed E-state index contributed by atoms with van der Waals surface area (Å²) >= 11 is 0. The number of fused-ring (bicyclic) bond motifs is 2. The first-order valence-electron chi connectivity index (χ1n) is 10.6. The molecule has 158 valence electrons. The van der Waals surface area contributed by atoms with Gasteiger partial charge in [0.05, 0.1) is 19.0 Å². The molecule has 2 aliphatic rings. The van der Waals surface area contributed by atoms with Crippen molar-refractivity contribution >= 4 is 11.8 Å². The maximum absolute atomic E-state index is 13.0. The first kappa shape index (κ1) is 20.3. The monoisotopic (exact) mass is 408 g/mol. The zero-order valence-corrected chi connectivity index (χ0v) is 17.5. The van der Waals surface area contributed by atoms with Gasteiger partial charge in [0.1, 0.15) is 11.4 Å². The van der Waals surface area contributed by atoms with Gasteiger partial charge in [0.15, 0.2) is 0 Å². The van der Waals surface area contributed by atoms with Crippen molar-refractivity contribution in [3.8, 4) is 5.75 Å². The van der Waals surface area contributed by atoms with E-state index in [9.17, 15) is 9.59 Å². The number of rotatable bonds is 6. The van der Waals surface area contributed by atoms with Crippen molar-refractivity contribution in [1.29, 1.82) is 0 Å². The molecule has 2 atom stereocenters. The van der Waals surface area contributed by atoms with E-state index < -0.39 is 0 Å². The number of methoxy groups -OCH3 is 1. The maximum atomic E-state index is 13.0. The third-order valence-electron chi connectivity index (χ3n) is 6.17. The molecule has 7 nitrogen and oxygen atoms in total. The van der Waals surface area contributed by atoms with Gasteiger partial charge in [-0.15, -0.1) is 0 Å². The van der Waals surface area contributed by atoms with Crippen molar-refractivity contribution < 1.29 is 14.3 Å². The summed E-state index contributed by atoms with van der Waals surface area (Å²) in [4.78, 5) is 35.9. The van der Waals surface area contributed by atoms with E-state index >= 15 is 0 Å². The minimum atomic E-state index is -0.192. The fraction of sp³-hybridized carbons (Fsp3) is 0.478. The highest BCUT2D eigenvalue weighted by Crippen LogP contribution is 2.36. The van der Waals surface area contributed by atoms with Crippen LogP contribution in [0.4, 0.5) is 0 Å². The van der Waals surface area contributed by atoms with E-state index in [1.807, 2.05) is 31.2 Å². The van der Waals surface area contributed by atoms with Gasteiger partial charge in [0.2, 0.25) is 5.91 Å². The highest BCUT2D eigenvalue weighted by Gasteiger charge is 2.43. The van der Waals surface area contributed by atoms with Crippen LogP contribution in [0.1, 0.15) is 53.8 Å². The van der Waals surface area contributed by atoms with Crippen LogP contribution < -0.4 is 10.1 Å². The van der Waals surface area contributed by atoms with E-state index in [0.29, 0.717) is 18.5 Å². The molecular formula is C23H28N4O3. The summed E-state index contributed by atoms with van der Waals surface area (Å²) < 4.78 is 5.40. The number of nitrogens with one attached hydrogen (secondary N) is 1. The van der Waals surface area contributed by atoms with E-state index in [-0.39, 0.29) is 29.9 Å². The number of nitrogens with zero attached hydrogens (tertiary/aromatic N) is 3. The molecule has 7 heteroatoms. The third-order valence-corrected chi connectivity index (χ3v) is 6.17. The molecule has 1 N–H and O–H groups in total. The summed E-state index contributed by atoms with van der Waals surface area (Å²) in [5.41, 5.74) is 2.18. The first-order chi connectivity index (χ1) is 14.5. The average Bonchev–Trinajstić information content (AvgIpc) is 3.03. The van der Waals surface area contributed by atoms with Crippen molar-refractivity contribution in [2.45, 2.75) is 63.6 Å². The summed E-state index contributed by atoms with van der Waals surface area (Å²) in [6.07, 6.45) is 7.85. The van der Waals surface area contributed by atoms with Crippen molar-refractivity contribution in [3.05, 3.63) is 53.6 Å². The van der Waals surface area contributed by atoms with Crippen LogP contribution in [0, 0.1) is 6.92 Å². The van der Waals surface area contributed by atoms with E-state index in [2.05, 4.69) is 20.2 Å². The third kappa shape index (κ3) is 4.30. The Morgan fingerprint density at radius 1 is 1.13 bits per heavy atom. The molecular weight excluding hydrogens is 380 g/mol. The van der Waals surface area contributed by atoms with Crippen molar-refractivity contribution in [2.75, 3.05) is 7.11 Å². The Hall–Kier alpha value is -2.96. The Labute approximate surface area is 176 Å². The predicted molar refractivity (Wildman–Crippen MR) is 112 cm³/mol. The minimum Gasteiger partial charge on any atom is -0.496 e. The number of para-hydroxylation sites is 1. The van der Waals surface area contributed by atoms with Crippen LogP contribution in [-0.4, -0.2) is 51.9 Å². The standard InChI is InChI=1S/C23H28N4O3/c1-15-13-25-20(14-24-15)23(29)26-17-11-18-8-9-19(12-17)27(18)22(28)10-7-16-5-3-4-6-21(16)30-2/h3-6,13-14,17-19H,7-12H2,1-2H3,(H,26,29). The molecule has 2 fully saturated rings. The summed E-state index contributed by atoms with van der Waals surface area (Å²) in [6.45, 7) is 1.84. The minimum absolute atomic E-state index is 0.0661. The van der Waals surface area contributed by atoms with Gasteiger partial charge in [-0.3, -0.25) is 14.6 Å². The molecule has 0 spiro atoms. The molecule has 0 aliphatic carbocycles. The molecule has 3 heterocycles. The molecule has 0 radical (unpaired) electrons. The van der Waals surface area contributed by atoms with Crippen LogP contribution in [-0.2, 0) is 11.2 Å². The number of carbonyl (C=O) groups excluding carboxylic acids is 2. The van der Waals surface area contributed by atoms with Crippen LogP contribution in [0.2, 0.25) is 0 Å². The Bertz CT molecular complexity index is 901. The van der Waals surface area contributed by atoms with Crippen LogP contribution in [0.25, 0.3) is 0 Å². The molecule has 4 rings (SSSR count). The first-order valence-corrected chi connectivity index (χ1v) is 10.6. The Morgan fingerprint density at radius 2 is 1.87 bits per heavy atom. The smallest absolute Gasteiger partial charge is 0.271 e. The quantitative estimate of drug-likeness (QED) is 0.794. The largest absolute Gasteiger partial charge is 0.496 e. The van der Waals surface area contributed by atoms with Crippen molar-refractivity contribution in [1.82, 2.24) is 20.2 Å². The Kier molecular flexibility index (Phi) is 5.97. The van der Waals surface area contributed by atoms with Gasteiger partial charge in [-0.1, -0.05) is 18.2 Å².